The maximum absolute atomic E-state index is 13.7. The zero-order valence-electron chi connectivity index (χ0n) is 19.8. The van der Waals surface area contributed by atoms with Crippen LogP contribution < -0.4 is 0 Å². The Hall–Kier alpha value is -1.04. The van der Waals surface area contributed by atoms with Gasteiger partial charge in [0.05, 0.1) is 6.10 Å². The van der Waals surface area contributed by atoms with Crippen LogP contribution in [0, 0.1) is 34.5 Å². The summed E-state index contributed by atoms with van der Waals surface area (Å²) in [5, 5.41) is 32.7. The molecule has 0 saturated heterocycles. The van der Waals surface area contributed by atoms with Crippen molar-refractivity contribution < 1.29 is 24.9 Å². The minimum absolute atomic E-state index is 0.0331. The fourth-order valence-corrected chi connectivity index (χ4v) is 7.86. The molecule has 8 atom stereocenters. The molecule has 4 aliphatic rings. The Bertz CT molecular complexity index is 815. The van der Waals surface area contributed by atoms with Gasteiger partial charge in [-0.1, -0.05) is 47.5 Å². The van der Waals surface area contributed by atoms with Crippen molar-refractivity contribution in [3.63, 3.8) is 0 Å². The van der Waals surface area contributed by atoms with E-state index in [1.807, 2.05) is 6.92 Å². The largest absolute Gasteiger partial charge is 0.393 e. The molecule has 0 aliphatic heterocycles. The molecule has 5 nitrogen and oxygen atoms in total. The fraction of sp³-hybridized carbons (Fsp3) is 0.846. The number of hydrogen-bond acceptors (Lipinski definition) is 5. The number of ketones is 2. The minimum atomic E-state index is -1.79. The number of aliphatic hydroxyl groups excluding tert-OH is 2. The van der Waals surface area contributed by atoms with Crippen LogP contribution in [0.1, 0.15) is 86.0 Å². The number of carbonyl (C=O) groups is 2. The molecule has 4 aliphatic carbocycles. The predicted molar refractivity (Wildman–Crippen MR) is 118 cm³/mol. The summed E-state index contributed by atoms with van der Waals surface area (Å²) < 4.78 is 0. The summed E-state index contributed by atoms with van der Waals surface area (Å²) in [6, 6.07) is 0. The van der Waals surface area contributed by atoms with Gasteiger partial charge in [0.1, 0.15) is 11.7 Å². The lowest BCUT2D eigenvalue weighted by Gasteiger charge is -2.58. The molecule has 2 saturated carbocycles. The summed E-state index contributed by atoms with van der Waals surface area (Å²) >= 11 is 0. The summed E-state index contributed by atoms with van der Waals surface area (Å²) in [6.45, 7) is 10.8. The fourth-order valence-electron chi connectivity index (χ4n) is 7.86. The third-order valence-corrected chi connectivity index (χ3v) is 9.73. The van der Waals surface area contributed by atoms with Gasteiger partial charge in [-0.2, -0.15) is 0 Å². The number of hydrogen-bond donors (Lipinski definition) is 3. The summed E-state index contributed by atoms with van der Waals surface area (Å²) in [6.07, 6.45) is 2.97. The molecule has 0 heterocycles. The average Bonchev–Trinajstić information content (AvgIpc) is 3.02. The third-order valence-electron chi connectivity index (χ3n) is 9.73. The highest BCUT2D eigenvalue weighted by Crippen LogP contribution is 2.65. The van der Waals surface area contributed by atoms with Crippen LogP contribution >= 0.6 is 0 Å². The molecule has 2 unspecified atom stereocenters. The van der Waals surface area contributed by atoms with Crippen LogP contribution in [0.2, 0.25) is 0 Å². The lowest BCUT2D eigenvalue weighted by molar-refractivity contribution is -0.194. The number of rotatable bonds is 4. The lowest BCUT2D eigenvalue weighted by atomic mass is 9.47. The quantitative estimate of drug-likeness (QED) is 0.631. The smallest absolute Gasteiger partial charge is 0.190 e. The van der Waals surface area contributed by atoms with E-state index in [1.165, 1.54) is 0 Å². The second-order valence-corrected chi connectivity index (χ2v) is 12.0. The molecule has 0 amide bonds. The molecule has 4 rings (SSSR count). The molecule has 0 bridgehead atoms. The van der Waals surface area contributed by atoms with Gasteiger partial charge in [0.25, 0.3) is 0 Å². The molecule has 31 heavy (non-hydrogen) atoms. The first-order valence-electron chi connectivity index (χ1n) is 12.3. The van der Waals surface area contributed by atoms with Gasteiger partial charge in [-0.15, -0.1) is 0 Å². The second kappa shape index (κ2) is 7.50. The Morgan fingerprint density at radius 2 is 1.71 bits per heavy atom. The average molecular weight is 433 g/mol. The maximum atomic E-state index is 13.7. The summed E-state index contributed by atoms with van der Waals surface area (Å²) in [5.41, 5.74) is -2.08. The Kier molecular flexibility index (Phi) is 5.59. The number of Topliss-reactive ketones (excluding diaryl/α,β-unsaturated/α-hetero) is 2. The van der Waals surface area contributed by atoms with E-state index in [4.69, 9.17) is 0 Å². The highest BCUT2D eigenvalue weighted by Gasteiger charge is 2.68. The van der Waals surface area contributed by atoms with Crippen LogP contribution in [0.25, 0.3) is 0 Å². The predicted octanol–water partition coefficient (Wildman–Crippen LogP) is 3.59. The van der Waals surface area contributed by atoms with Gasteiger partial charge in [-0.3, -0.25) is 9.59 Å². The lowest BCUT2D eigenvalue weighted by Crippen LogP contribution is -2.67. The number of aliphatic hydroxyl groups is 3. The Labute approximate surface area is 186 Å². The van der Waals surface area contributed by atoms with Crippen LogP contribution in [0.3, 0.4) is 0 Å². The molecule has 0 spiro atoms. The molecule has 0 aromatic rings. The SMILES string of the molecule is CC(C)CCC(C)C1CC[C@H]2C3=C(C(=O)C[C@]12C)[C@@]1(C)CC[C@H](O)C[C@]1(O)[C@H](O)C3=O. The van der Waals surface area contributed by atoms with Crippen molar-refractivity contribution >= 4 is 11.6 Å². The zero-order valence-corrected chi connectivity index (χ0v) is 19.8. The first-order chi connectivity index (χ1) is 14.4. The van der Waals surface area contributed by atoms with Crippen LogP contribution in [-0.4, -0.2) is 44.7 Å². The number of fused-ring (bicyclic) bond motifs is 4. The van der Waals surface area contributed by atoms with Crippen molar-refractivity contribution in [2.24, 2.45) is 34.5 Å². The van der Waals surface area contributed by atoms with Crippen molar-refractivity contribution in [2.75, 3.05) is 0 Å². The summed E-state index contributed by atoms with van der Waals surface area (Å²) in [5.74, 6) is 0.943. The van der Waals surface area contributed by atoms with Crippen LogP contribution in [0.15, 0.2) is 11.1 Å². The summed E-state index contributed by atoms with van der Waals surface area (Å²) in [7, 11) is 0. The monoisotopic (exact) mass is 432 g/mol. The van der Waals surface area contributed by atoms with E-state index >= 15 is 0 Å². The summed E-state index contributed by atoms with van der Waals surface area (Å²) in [4.78, 5) is 27.2. The molecule has 3 N–H and O–H groups in total. The van der Waals surface area contributed by atoms with Gasteiger partial charge in [0, 0.05) is 29.4 Å². The molecule has 5 heteroatoms. The number of carbonyl (C=O) groups excluding carboxylic acids is 2. The van der Waals surface area contributed by atoms with E-state index < -0.39 is 29.0 Å². The highest BCUT2D eigenvalue weighted by molar-refractivity contribution is 6.13. The van der Waals surface area contributed by atoms with Crippen molar-refractivity contribution in [2.45, 2.75) is 104 Å². The molecule has 0 radical (unpaired) electrons. The Balaban J connectivity index is 1.77. The van der Waals surface area contributed by atoms with Gasteiger partial charge in [0.2, 0.25) is 0 Å². The zero-order chi connectivity index (χ0) is 22.9. The Morgan fingerprint density at radius 1 is 1.03 bits per heavy atom. The maximum Gasteiger partial charge on any atom is 0.190 e. The second-order valence-electron chi connectivity index (χ2n) is 12.0. The van der Waals surface area contributed by atoms with Crippen molar-refractivity contribution in [1.29, 1.82) is 0 Å². The van der Waals surface area contributed by atoms with E-state index in [-0.39, 0.29) is 23.5 Å². The first kappa shape index (κ1) is 23.1. The van der Waals surface area contributed by atoms with Crippen LogP contribution in [-0.2, 0) is 9.59 Å². The molecule has 2 fully saturated rings. The van der Waals surface area contributed by atoms with Gasteiger partial charge in [-0.25, -0.2) is 0 Å². The highest BCUT2D eigenvalue weighted by atomic mass is 16.4. The standard InChI is InChI=1S/C26H40O5/c1-14(2)6-7-15(3)17-8-9-18-20-21(19(28)13-24(17,18)4)25(5)11-10-16(27)12-26(25,31)23(30)22(20)29/h14-18,23,27,30-31H,6-13H2,1-5H3/t15?,16-,17?,18-,23+,24+,25+,26-/m0/s1. The van der Waals surface area contributed by atoms with E-state index in [0.717, 1.165) is 25.7 Å². The van der Waals surface area contributed by atoms with Crippen LogP contribution in [0.5, 0.6) is 0 Å². The molecular weight excluding hydrogens is 392 g/mol. The molecule has 0 aromatic carbocycles. The van der Waals surface area contributed by atoms with E-state index in [2.05, 4.69) is 27.7 Å². The van der Waals surface area contributed by atoms with E-state index in [1.54, 1.807) is 0 Å². The first-order valence-corrected chi connectivity index (χ1v) is 12.3. The third kappa shape index (κ3) is 3.13. The van der Waals surface area contributed by atoms with Crippen molar-refractivity contribution in [3.05, 3.63) is 11.1 Å². The molecule has 0 aromatic heterocycles. The van der Waals surface area contributed by atoms with Gasteiger partial charge >= 0.3 is 0 Å². The molecular formula is C26H40O5. The van der Waals surface area contributed by atoms with Crippen molar-refractivity contribution in [1.82, 2.24) is 0 Å². The minimum Gasteiger partial charge on any atom is -0.393 e. The van der Waals surface area contributed by atoms with E-state index in [9.17, 15) is 24.9 Å². The van der Waals surface area contributed by atoms with Crippen molar-refractivity contribution in [3.8, 4) is 0 Å². The normalized spacial score (nSPS) is 46.1. The van der Waals surface area contributed by atoms with E-state index in [0.29, 0.717) is 48.2 Å². The van der Waals surface area contributed by atoms with Crippen LogP contribution in [0.4, 0.5) is 0 Å². The molecule has 174 valence electrons. The van der Waals surface area contributed by atoms with Gasteiger partial charge in [0.15, 0.2) is 11.6 Å². The topological polar surface area (TPSA) is 94.8 Å². The van der Waals surface area contributed by atoms with Gasteiger partial charge < -0.3 is 15.3 Å². The van der Waals surface area contributed by atoms with Gasteiger partial charge in [-0.05, 0) is 54.8 Å². The Morgan fingerprint density at radius 3 is 2.35 bits per heavy atom.